The van der Waals surface area contributed by atoms with E-state index in [2.05, 4.69) is 15.0 Å². The highest BCUT2D eigenvalue weighted by Gasteiger charge is 2.24. The smallest absolute Gasteiger partial charge is 0.255 e. The minimum atomic E-state index is -3.61. The molecule has 144 valence electrons. The van der Waals surface area contributed by atoms with Crippen molar-refractivity contribution in [3.05, 3.63) is 65.7 Å². The monoisotopic (exact) mass is 413 g/mol. The predicted molar refractivity (Wildman–Crippen MR) is 110 cm³/mol. The zero-order valence-corrected chi connectivity index (χ0v) is 16.6. The van der Waals surface area contributed by atoms with Gasteiger partial charge < -0.3 is 5.32 Å². The van der Waals surface area contributed by atoms with Gasteiger partial charge in [0.15, 0.2) is 0 Å². The van der Waals surface area contributed by atoms with Crippen LogP contribution >= 0.6 is 11.3 Å². The minimum absolute atomic E-state index is 0.0971. The molecule has 1 amide bonds. The molecule has 0 unspecified atom stereocenters. The van der Waals surface area contributed by atoms with Gasteiger partial charge in [0.05, 0.1) is 4.90 Å². The van der Waals surface area contributed by atoms with Gasteiger partial charge in [-0.2, -0.15) is 0 Å². The quantitative estimate of drug-likeness (QED) is 0.617. The van der Waals surface area contributed by atoms with Gasteiger partial charge in [-0.3, -0.25) is 4.79 Å². The molecule has 0 atom stereocenters. The number of carbonyl (C=O) groups excluding carboxylic acids is 1. The number of benzene rings is 2. The molecule has 1 fully saturated rings. The van der Waals surface area contributed by atoms with Gasteiger partial charge in [0.1, 0.15) is 5.01 Å². The van der Waals surface area contributed by atoms with E-state index in [1.165, 1.54) is 12.1 Å². The van der Waals surface area contributed by atoms with Gasteiger partial charge >= 0.3 is 0 Å². The number of amides is 1. The fourth-order valence-corrected chi connectivity index (χ4v) is 4.51. The molecule has 0 radical (unpaired) electrons. The van der Waals surface area contributed by atoms with Crippen LogP contribution in [0.25, 0.3) is 10.6 Å². The molecule has 4 rings (SSSR count). The molecule has 2 N–H and O–H groups in total. The lowest BCUT2D eigenvalue weighted by Crippen LogP contribution is -2.26. The van der Waals surface area contributed by atoms with Crippen LogP contribution in [-0.2, 0) is 10.0 Å². The van der Waals surface area contributed by atoms with Crippen LogP contribution in [0.5, 0.6) is 0 Å². The van der Waals surface area contributed by atoms with E-state index >= 15 is 0 Å². The van der Waals surface area contributed by atoms with E-state index in [9.17, 15) is 13.2 Å². The lowest BCUT2D eigenvalue weighted by atomic mass is 10.2. The number of aromatic nitrogens is 1. The van der Waals surface area contributed by atoms with Crippen molar-refractivity contribution in [2.24, 2.45) is 5.92 Å². The summed E-state index contributed by atoms with van der Waals surface area (Å²) in [5.74, 6) is 0.0786. The molecule has 28 heavy (non-hydrogen) atoms. The van der Waals surface area contributed by atoms with Crippen LogP contribution in [0.4, 0.5) is 5.69 Å². The van der Waals surface area contributed by atoms with Crippen LogP contribution in [0, 0.1) is 5.92 Å². The van der Waals surface area contributed by atoms with Gasteiger partial charge in [-0.1, -0.05) is 6.07 Å². The van der Waals surface area contributed by atoms with E-state index in [-0.39, 0.29) is 10.8 Å². The summed E-state index contributed by atoms with van der Waals surface area (Å²) in [5, 5.41) is 5.62. The Bertz CT molecular complexity index is 1070. The zero-order valence-electron chi connectivity index (χ0n) is 15.0. The van der Waals surface area contributed by atoms with Crippen molar-refractivity contribution in [1.29, 1.82) is 0 Å². The van der Waals surface area contributed by atoms with Gasteiger partial charge in [0.2, 0.25) is 10.0 Å². The van der Waals surface area contributed by atoms with E-state index in [1.54, 1.807) is 41.8 Å². The maximum atomic E-state index is 12.5. The van der Waals surface area contributed by atoms with Gasteiger partial charge in [0, 0.05) is 34.9 Å². The van der Waals surface area contributed by atoms with E-state index in [0.29, 0.717) is 23.7 Å². The van der Waals surface area contributed by atoms with Crippen molar-refractivity contribution in [3.8, 4) is 10.6 Å². The average Bonchev–Trinajstić information content (AvgIpc) is 3.39. The molecule has 1 aromatic heterocycles. The van der Waals surface area contributed by atoms with Crippen LogP contribution < -0.4 is 10.0 Å². The summed E-state index contributed by atoms with van der Waals surface area (Å²) in [6.45, 7) is 0.449. The third kappa shape index (κ3) is 4.46. The highest BCUT2D eigenvalue weighted by Crippen LogP contribution is 2.28. The first-order chi connectivity index (χ1) is 13.5. The molecular weight excluding hydrogens is 394 g/mol. The summed E-state index contributed by atoms with van der Waals surface area (Å²) in [4.78, 5) is 16.9. The van der Waals surface area contributed by atoms with Crippen molar-refractivity contribution in [2.75, 3.05) is 11.9 Å². The minimum Gasteiger partial charge on any atom is -0.322 e. The van der Waals surface area contributed by atoms with E-state index in [0.717, 1.165) is 23.4 Å². The first kappa shape index (κ1) is 18.8. The number of carbonyl (C=O) groups is 1. The maximum Gasteiger partial charge on any atom is 0.255 e. The van der Waals surface area contributed by atoms with Crippen LogP contribution in [0.2, 0.25) is 0 Å². The maximum absolute atomic E-state index is 12.5. The Morgan fingerprint density at radius 1 is 1.14 bits per heavy atom. The summed E-state index contributed by atoms with van der Waals surface area (Å²) in [6, 6.07) is 13.4. The van der Waals surface area contributed by atoms with Crippen molar-refractivity contribution in [3.63, 3.8) is 0 Å². The summed E-state index contributed by atoms with van der Waals surface area (Å²) >= 11 is 1.54. The topological polar surface area (TPSA) is 88.2 Å². The number of anilines is 1. The third-order valence-corrected chi connectivity index (χ3v) is 6.73. The van der Waals surface area contributed by atoms with Crippen molar-refractivity contribution >= 4 is 33.0 Å². The van der Waals surface area contributed by atoms with Crippen LogP contribution in [0.1, 0.15) is 23.2 Å². The summed E-state index contributed by atoms with van der Waals surface area (Å²) in [6.07, 6.45) is 3.87. The molecule has 1 aliphatic carbocycles. The van der Waals surface area contributed by atoms with Crippen LogP contribution in [0.3, 0.4) is 0 Å². The normalized spacial score (nSPS) is 14.0. The number of thiazole rings is 1. The number of sulfonamides is 1. The SMILES string of the molecule is O=C(Nc1ccc(-c2nccs2)cc1)c1cccc(S(=O)(=O)NCC2CC2)c1. The van der Waals surface area contributed by atoms with Crippen molar-refractivity contribution in [2.45, 2.75) is 17.7 Å². The number of nitrogens with one attached hydrogen (secondary N) is 2. The van der Waals surface area contributed by atoms with Crippen LogP contribution in [-0.4, -0.2) is 25.9 Å². The third-order valence-electron chi connectivity index (χ3n) is 4.49. The molecule has 0 spiro atoms. The highest BCUT2D eigenvalue weighted by atomic mass is 32.2. The summed E-state index contributed by atoms with van der Waals surface area (Å²) in [7, 11) is -3.61. The Kier molecular flexibility index (Phi) is 5.25. The summed E-state index contributed by atoms with van der Waals surface area (Å²) < 4.78 is 27.4. The second-order valence-corrected chi connectivity index (χ2v) is 9.35. The van der Waals surface area contributed by atoms with Gasteiger partial charge in [0.25, 0.3) is 5.91 Å². The molecule has 1 aliphatic rings. The fraction of sp³-hybridized carbons (Fsp3) is 0.200. The highest BCUT2D eigenvalue weighted by molar-refractivity contribution is 7.89. The zero-order chi connectivity index (χ0) is 19.6. The Hall–Kier alpha value is -2.55. The Labute approximate surface area is 167 Å². The van der Waals surface area contributed by atoms with E-state index < -0.39 is 10.0 Å². The second-order valence-electron chi connectivity index (χ2n) is 6.69. The predicted octanol–water partition coefficient (Wildman–Crippen LogP) is 3.75. The first-order valence-electron chi connectivity index (χ1n) is 8.92. The molecule has 8 heteroatoms. The molecule has 2 aromatic carbocycles. The van der Waals surface area contributed by atoms with E-state index in [4.69, 9.17) is 0 Å². The number of hydrogen-bond donors (Lipinski definition) is 2. The summed E-state index contributed by atoms with van der Waals surface area (Å²) in [5.41, 5.74) is 1.89. The van der Waals surface area contributed by atoms with Gasteiger partial charge in [-0.25, -0.2) is 18.1 Å². The number of rotatable bonds is 7. The first-order valence-corrected chi connectivity index (χ1v) is 11.3. The lowest BCUT2D eigenvalue weighted by molar-refractivity contribution is 0.102. The molecule has 0 bridgehead atoms. The second kappa shape index (κ2) is 7.83. The molecule has 0 saturated heterocycles. The molecule has 1 saturated carbocycles. The van der Waals surface area contributed by atoms with Gasteiger partial charge in [-0.15, -0.1) is 11.3 Å². The van der Waals surface area contributed by atoms with Crippen molar-refractivity contribution < 1.29 is 13.2 Å². The molecule has 0 aliphatic heterocycles. The van der Waals surface area contributed by atoms with Crippen LogP contribution in [0.15, 0.2) is 65.0 Å². The Morgan fingerprint density at radius 2 is 1.93 bits per heavy atom. The molecule has 1 heterocycles. The standard InChI is InChI=1S/C20H19N3O3S2/c24-19(23-17-8-6-15(7-9-17)20-21-10-11-27-20)16-2-1-3-18(12-16)28(25,26)22-13-14-4-5-14/h1-3,6-12,14,22H,4-5,13H2,(H,23,24). The molecular formula is C20H19N3O3S2. The fourth-order valence-electron chi connectivity index (χ4n) is 2.70. The van der Waals surface area contributed by atoms with Gasteiger partial charge in [-0.05, 0) is 61.2 Å². The molecule has 6 nitrogen and oxygen atoms in total. The Balaban J connectivity index is 1.46. The number of nitrogens with zero attached hydrogens (tertiary/aromatic N) is 1. The van der Waals surface area contributed by atoms with E-state index in [1.807, 2.05) is 17.5 Å². The largest absolute Gasteiger partial charge is 0.322 e. The molecule has 3 aromatic rings. The number of hydrogen-bond acceptors (Lipinski definition) is 5. The average molecular weight is 414 g/mol. The van der Waals surface area contributed by atoms with Crippen molar-refractivity contribution in [1.82, 2.24) is 9.71 Å². The Morgan fingerprint density at radius 3 is 2.61 bits per heavy atom. The lowest BCUT2D eigenvalue weighted by Gasteiger charge is -2.09.